The molecule has 1 aromatic carbocycles. The van der Waals surface area contributed by atoms with Crippen LogP contribution in [0.2, 0.25) is 0 Å². The van der Waals surface area contributed by atoms with Crippen LogP contribution in [0.3, 0.4) is 0 Å². The van der Waals surface area contributed by atoms with Crippen molar-refractivity contribution < 1.29 is 27.4 Å². The number of nitrogens with zero attached hydrogens (tertiary/aromatic N) is 2. The topological polar surface area (TPSA) is 51.7 Å². The van der Waals surface area contributed by atoms with Crippen molar-refractivity contribution in [2.45, 2.75) is 38.5 Å². The predicted molar refractivity (Wildman–Crippen MR) is 96.4 cm³/mol. The van der Waals surface area contributed by atoms with Crippen LogP contribution in [-0.4, -0.2) is 36.1 Å². The molecule has 1 fully saturated rings. The SMILES string of the molecule is COc1ccc(OC)c(CN(C(=O)c2ccc(C(F)(F)F)nc2C)C2CC2)c1. The fourth-order valence-corrected chi connectivity index (χ4v) is 3.04. The maximum atomic E-state index is 13.1. The zero-order valence-corrected chi connectivity index (χ0v) is 15.8. The van der Waals surface area contributed by atoms with Crippen molar-refractivity contribution >= 4 is 5.91 Å². The minimum atomic E-state index is -4.55. The van der Waals surface area contributed by atoms with Crippen LogP contribution < -0.4 is 9.47 Å². The molecule has 0 saturated heterocycles. The van der Waals surface area contributed by atoms with Crippen LogP contribution in [-0.2, 0) is 12.7 Å². The van der Waals surface area contributed by atoms with Gasteiger partial charge in [0, 0.05) is 11.6 Å². The lowest BCUT2D eigenvalue weighted by Crippen LogP contribution is -2.33. The molecular weight excluding hydrogens is 373 g/mol. The lowest BCUT2D eigenvalue weighted by Gasteiger charge is -2.24. The van der Waals surface area contributed by atoms with Crippen molar-refractivity contribution in [2.24, 2.45) is 0 Å². The summed E-state index contributed by atoms with van der Waals surface area (Å²) in [6.45, 7) is 1.68. The van der Waals surface area contributed by atoms with E-state index in [0.717, 1.165) is 24.5 Å². The normalized spacial score (nSPS) is 13.9. The number of aromatic nitrogens is 1. The first-order valence-electron chi connectivity index (χ1n) is 8.81. The molecule has 1 heterocycles. The number of methoxy groups -OCH3 is 2. The number of carbonyl (C=O) groups excluding carboxylic acids is 1. The Labute approximate surface area is 161 Å². The van der Waals surface area contributed by atoms with Crippen molar-refractivity contribution in [3.8, 4) is 11.5 Å². The van der Waals surface area contributed by atoms with Crippen LogP contribution in [0.25, 0.3) is 0 Å². The molecule has 0 N–H and O–H groups in total. The van der Waals surface area contributed by atoms with E-state index in [9.17, 15) is 18.0 Å². The van der Waals surface area contributed by atoms with E-state index >= 15 is 0 Å². The first-order valence-corrected chi connectivity index (χ1v) is 8.81. The van der Waals surface area contributed by atoms with E-state index in [-0.39, 0.29) is 29.8 Å². The van der Waals surface area contributed by atoms with E-state index in [1.807, 2.05) is 0 Å². The Morgan fingerprint density at radius 3 is 2.43 bits per heavy atom. The molecule has 3 rings (SSSR count). The summed E-state index contributed by atoms with van der Waals surface area (Å²) in [5, 5.41) is 0. The zero-order valence-electron chi connectivity index (χ0n) is 15.8. The summed E-state index contributed by atoms with van der Waals surface area (Å²) in [6.07, 6.45) is -2.84. The van der Waals surface area contributed by atoms with Crippen LogP contribution >= 0.6 is 0 Å². The van der Waals surface area contributed by atoms with Gasteiger partial charge in [0.2, 0.25) is 0 Å². The number of hydrogen-bond acceptors (Lipinski definition) is 4. The molecule has 2 aromatic rings. The first kappa shape index (κ1) is 20.0. The number of hydrogen-bond donors (Lipinski definition) is 0. The minimum absolute atomic E-state index is 0.0464. The summed E-state index contributed by atoms with van der Waals surface area (Å²) >= 11 is 0. The Morgan fingerprint density at radius 1 is 1.18 bits per heavy atom. The van der Waals surface area contributed by atoms with Gasteiger partial charge in [0.25, 0.3) is 5.91 Å². The molecule has 5 nitrogen and oxygen atoms in total. The minimum Gasteiger partial charge on any atom is -0.497 e. The third kappa shape index (κ3) is 4.21. The van der Waals surface area contributed by atoms with Crippen LogP contribution in [0.15, 0.2) is 30.3 Å². The number of aryl methyl sites for hydroxylation is 1. The van der Waals surface area contributed by atoms with Crippen molar-refractivity contribution in [1.29, 1.82) is 0 Å². The maximum absolute atomic E-state index is 13.1. The summed E-state index contributed by atoms with van der Waals surface area (Å²) in [6, 6.07) is 7.40. The molecular formula is C20H21F3N2O3. The number of amides is 1. The molecule has 28 heavy (non-hydrogen) atoms. The Balaban J connectivity index is 1.91. The van der Waals surface area contributed by atoms with Crippen molar-refractivity contribution in [3.63, 3.8) is 0 Å². The third-order valence-electron chi connectivity index (χ3n) is 4.68. The van der Waals surface area contributed by atoms with Gasteiger partial charge in [-0.05, 0) is 50.1 Å². The Hall–Kier alpha value is -2.77. The number of halogens is 3. The van der Waals surface area contributed by atoms with Gasteiger partial charge in [0.1, 0.15) is 17.2 Å². The largest absolute Gasteiger partial charge is 0.497 e. The Kier molecular flexibility index (Phi) is 5.49. The van der Waals surface area contributed by atoms with E-state index in [1.165, 1.54) is 13.0 Å². The molecule has 0 aliphatic heterocycles. The molecule has 1 aliphatic rings. The van der Waals surface area contributed by atoms with Gasteiger partial charge < -0.3 is 14.4 Å². The number of carbonyl (C=O) groups is 1. The average Bonchev–Trinajstić information content (AvgIpc) is 3.49. The van der Waals surface area contributed by atoms with Crippen molar-refractivity contribution in [2.75, 3.05) is 14.2 Å². The molecule has 0 atom stereocenters. The predicted octanol–water partition coefficient (Wildman–Crippen LogP) is 4.23. The van der Waals surface area contributed by atoms with E-state index in [4.69, 9.17) is 9.47 Å². The standard InChI is InChI=1S/C20H21F3N2O3/c1-12-16(7-9-18(24-12)20(21,22)23)19(26)25(14-4-5-14)11-13-10-15(27-2)6-8-17(13)28-3/h6-10,14H,4-5,11H2,1-3H3. The van der Waals surface area contributed by atoms with Gasteiger partial charge in [-0.1, -0.05) is 0 Å². The highest BCUT2D eigenvalue weighted by molar-refractivity contribution is 5.95. The van der Waals surface area contributed by atoms with Crippen LogP contribution in [0.4, 0.5) is 13.2 Å². The monoisotopic (exact) mass is 394 g/mol. The third-order valence-corrected chi connectivity index (χ3v) is 4.68. The molecule has 1 aliphatic carbocycles. The van der Waals surface area contributed by atoms with Crippen molar-refractivity contribution in [3.05, 3.63) is 52.8 Å². The second-order valence-electron chi connectivity index (χ2n) is 6.67. The van der Waals surface area contributed by atoms with Gasteiger partial charge >= 0.3 is 6.18 Å². The lowest BCUT2D eigenvalue weighted by molar-refractivity contribution is -0.141. The van der Waals surface area contributed by atoms with E-state index in [2.05, 4.69) is 4.98 Å². The number of rotatable bonds is 6. The highest BCUT2D eigenvalue weighted by atomic mass is 19.4. The smallest absolute Gasteiger partial charge is 0.433 e. The van der Waals surface area contributed by atoms with E-state index in [1.54, 1.807) is 37.3 Å². The Bertz CT molecular complexity index is 879. The molecule has 1 aromatic heterocycles. The van der Waals surface area contributed by atoms with E-state index < -0.39 is 11.9 Å². The van der Waals surface area contributed by atoms with Crippen molar-refractivity contribution in [1.82, 2.24) is 9.88 Å². The number of benzene rings is 1. The highest BCUT2D eigenvalue weighted by Crippen LogP contribution is 2.34. The molecule has 0 unspecified atom stereocenters. The first-order chi connectivity index (χ1) is 13.2. The summed E-state index contributed by atoms with van der Waals surface area (Å²) in [4.78, 5) is 18.3. The fourth-order valence-electron chi connectivity index (χ4n) is 3.04. The zero-order chi connectivity index (χ0) is 20.5. The lowest BCUT2D eigenvalue weighted by atomic mass is 10.1. The quantitative estimate of drug-likeness (QED) is 0.736. The van der Waals surface area contributed by atoms with Gasteiger partial charge in [0.05, 0.1) is 32.0 Å². The molecule has 0 spiro atoms. The highest BCUT2D eigenvalue weighted by Gasteiger charge is 2.36. The van der Waals surface area contributed by atoms with E-state index in [0.29, 0.717) is 11.5 Å². The summed E-state index contributed by atoms with van der Waals surface area (Å²) in [5.41, 5.74) is -0.0153. The second kappa shape index (κ2) is 7.69. The van der Waals surface area contributed by atoms with Gasteiger partial charge in [-0.2, -0.15) is 13.2 Å². The maximum Gasteiger partial charge on any atom is 0.433 e. The summed E-state index contributed by atoms with van der Waals surface area (Å²) < 4.78 is 49.2. The molecule has 150 valence electrons. The van der Waals surface area contributed by atoms with Gasteiger partial charge in [-0.15, -0.1) is 0 Å². The fraction of sp³-hybridized carbons (Fsp3) is 0.400. The van der Waals surface area contributed by atoms with Gasteiger partial charge in [-0.25, -0.2) is 4.98 Å². The molecule has 1 amide bonds. The molecule has 0 bridgehead atoms. The van der Waals surface area contributed by atoms with Gasteiger partial charge in [-0.3, -0.25) is 4.79 Å². The Morgan fingerprint density at radius 2 is 1.89 bits per heavy atom. The van der Waals surface area contributed by atoms with Crippen LogP contribution in [0.5, 0.6) is 11.5 Å². The summed E-state index contributed by atoms with van der Waals surface area (Å²) in [5.74, 6) is 0.902. The molecule has 8 heteroatoms. The van der Waals surface area contributed by atoms with Crippen LogP contribution in [0.1, 0.15) is 40.2 Å². The number of pyridine rings is 1. The molecule has 0 radical (unpaired) electrons. The summed E-state index contributed by atoms with van der Waals surface area (Å²) in [7, 11) is 3.09. The van der Waals surface area contributed by atoms with Crippen LogP contribution in [0, 0.1) is 6.92 Å². The van der Waals surface area contributed by atoms with Gasteiger partial charge in [0.15, 0.2) is 0 Å². The molecule has 1 saturated carbocycles. The second-order valence-corrected chi connectivity index (χ2v) is 6.67. The number of ether oxygens (including phenoxy) is 2. The number of alkyl halides is 3. The average molecular weight is 394 g/mol.